The lowest BCUT2D eigenvalue weighted by Crippen LogP contribution is -2.50. The molecule has 0 aliphatic carbocycles. The molecule has 0 heterocycles. The molecule has 4 N–H and O–H groups in total. The molecule has 0 saturated carbocycles. The van der Waals surface area contributed by atoms with E-state index >= 15 is 0 Å². The highest BCUT2D eigenvalue weighted by atomic mass is 36.0. The van der Waals surface area contributed by atoms with E-state index in [1.165, 1.54) is 69.3 Å². The Bertz CT molecular complexity index is 2370. The maximum atomic E-state index is 14.4. The molecule has 0 spiro atoms. The quantitative estimate of drug-likeness (QED) is 0.0873. The number of amides is 2. The minimum absolute atomic E-state index is 0.00961. The number of anilines is 3. The molecule has 352 valence electrons. The van der Waals surface area contributed by atoms with Crippen LogP contribution in [0.3, 0.4) is 0 Å². The number of carbonyl (C=O) groups excluding carboxylic acids is 2. The number of nitrogens with zero attached hydrogens (tertiary/aromatic N) is 1. The first kappa shape index (κ1) is 55.3. The van der Waals surface area contributed by atoms with Crippen LogP contribution >= 0.6 is 21.4 Å². The summed E-state index contributed by atoms with van der Waals surface area (Å²) in [5, 5.41) is 4.87. The number of halogens is 16. The summed E-state index contributed by atoms with van der Waals surface area (Å²) < 4.78 is 209. The van der Waals surface area contributed by atoms with Crippen molar-refractivity contribution in [1.29, 1.82) is 0 Å². The van der Waals surface area contributed by atoms with Crippen LogP contribution in [-0.2, 0) is 44.9 Å². The van der Waals surface area contributed by atoms with E-state index in [1.807, 2.05) is 0 Å². The van der Waals surface area contributed by atoms with Crippen LogP contribution < -0.4 is 16.4 Å². The van der Waals surface area contributed by atoms with Gasteiger partial charge in [-0.2, -0.15) is 61.3 Å². The van der Waals surface area contributed by atoms with Gasteiger partial charge in [0.25, 0.3) is 11.8 Å². The number of hydrogen-bond acceptors (Lipinski definition) is 6. The molecule has 2 amide bonds. The van der Waals surface area contributed by atoms with Crippen molar-refractivity contribution >= 4 is 76.6 Å². The zero-order valence-corrected chi connectivity index (χ0v) is 36.0. The van der Waals surface area contributed by atoms with Gasteiger partial charge in [-0.25, -0.2) is 13.0 Å². The van der Waals surface area contributed by atoms with E-state index in [0.29, 0.717) is 24.3 Å². The largest absolute Gasteiger partial charge is 0.435 e. The van der Waals surface area contributed by atoms with Gasteiger partial charge in [0.1, 0.15) is 0 Å². The summed E-state index contributed by atoms with van der Waals surface area (Å²) in [6, 6.07) is 13.1. The van der Waals surface area contributed by atoms with E-state index in [9.17, 15) is 75.3 Å². The minimum atomic E-state index is -6.24. The smallest absolute Gasteiger partial charge is 0.399 e. The summed E-state index contributed by atoms with van der Waals surface area (Å²) in [7, 11) is 7.36. The number of nitrogens with one attached hydrogen (secondary N) is 2. The summed E-state index contributed by atoms with van der Waals surface area (Å²) >= 11 is -0.0806. The summed E-state index contributed by atoms with van der Waals surface area (Å²) in [4.78, 5) is 24.9. The molecule has 0 radical (unpaired) electrons. The monoisotopic (exact) mass is 1010 g/mol. The third-order valence-electron chi connectivity index (χ3n) is 8.83. The third-order valence-corrected chi connectivity index (χ3v) is 9.12. The predicted octanol–water partition coefficient (Wildman–Crippen LogP) is 12.9. The van der Waals surface area contributed by atoms with Crippen molar-refractivity contribution in [1.82, 2.24) is 0 Å². The van der Waals surface area contributed by atoms with E-state index in [1.54, 1.807) is 0 Å². The fourth-order valence-corrected chi connectivity index (χ4v) is 6.01. The summed E-state index contributed by atoms with van der Waals surface area (Å²) in [6.07, 6.45) is -25.0. The standard InChI is InChI=1S/C19H15F7N2O2S.C19H17F7N2O.Cl2OS/c1-3-11-8-13(17(20,18(21,22)23)19(24,25)26)7-10(2)15(11)27-16(29)12-5-4-6-14(9-12)28-31-30;1-3-11-8-13(17(20,18(21,22)23)19(24,25)26)7-10(2)15(11)28-16(29)12-5-4-6-14(27)9-12;1-4(2)3/h4-9H,3H2,1-2H3,(H,27,29);4-9H,3,27H2,1-2H3,(H,28,29);. The van der Waals surface area contributed by atoms with Gasteiger partial charge in [0.05, 0.1) is 5.69 Å². The van der Waals surface area contributed by atoms with Crippen LogP contribution in [0, 0.1) is 13.8 Å². The first-order valence-electron chi connectivity index (χ1n) is 17.5. The fourth-order valence-electron chi connectivity index (χ4n) is 5.81. The molecule has 0 saturated heterocycles. The Labute approximate surface area is 369 Å². The number of carbonyl (C=O) groups is 2. The Kier molecular flexibility index (Phi) is 18.5. The van der Waals surface area contributed by atoms with Gasteiger partial charge >= 0.3 is 36.0 Å². The Morgan fingerprint density at radius 2 is 0.969 bits per heavy atom. The molecule has 0 bridgehead atoms. The number of rotatable bonds is 9. The van der Waals surface area contributed by atoms with Crippen molar-refractivity contribution in [3.05, 3.63) is 117 Å². The molecule has 4 aromatic carbocycles. The summed E-state index contributed by atoms with van der Waals surface area (Å²) in [6.45, 7) is 5.23. The molecule has 0 atom stereocenters. The second kappa shape index (κ2) is 21.5. The van der Waals surface area contributed by atoms with E-state index in [2.05, 4.69) is 36.4 Å². The average Bonchev–Trinajstić information content (AvgIpc) is 3.16. The number of nitrogen functional groups attached to an aromatic ring is 1. The van der Waals surface area contributed by atoms with Gasteiger partial charge in [-0.05, 0) is 97.5 Å². The normalized spacial score (nSPS) is 12.3. The molecule has 0 aromatic heterocycles. The number of nitrogens with two attached hydrogens (primary N) is 1. The average molecular weight is 1010 g/mol. The van der Waals surface area contributed by atoms with E-state index in [4.69, 9.17) is 9.94 Å². The fraction of sp³-hybridized carbons (Fsp3) is 0.316. The van der Waals surface area contributed by atoms with Crippen molar-refractivity contribution < 1.29 is 79.5 Å². The number of aryl methyl sites for hydroxylation is 4. The lowest BCUT2D eigenvalue weighted by molar-refractivity contribution is -0.349. The van der Waals surface area contributed by atoms with E-state index in [0.717, 1.165) is 6.92 Å². The Hall–Kier alpha value is -4.81. The molecule has 26 heteroatoms. The molecule has 8 nitrogen and oxygen atoms in total. The van der Waals surface area contributed by atoms with Crippen LogP contribution in [0.15, 0.2) is 77.2 Å². The van der Waals surface area contributed by atoms with Gasteiger partial charge in [0, 0.05) is 60.7 Å². The molecule has 0 fully saturated rings. The Balaban J connectivity index is 0.000000407. The topological polar surface area (TPSA) is 131 Å². The van der Waals surface area contributed by atoms with Crippen LogP contribution in [0.1, 0.15) is 67.9 Å². The van der Waals surface area contributed by atoms with E-state index < -0.39 is 68.2 Å². The first-order chi connectivity index (χ1) is 29.2. The molecule has 4 aromatic rings. The zero-order chi connectivity index (χ0) is 49.4. The predicted molar refractivity (Wildman–Crippen MR) is 214 cm³/mol. The van der Waals surface area contributed by atoms with Gasteiger partial charge in [-0.15, -0.1) is 0 Å². The lowest BCUT2D eigenvalue weighted by Gasteiger charge is -2.31. The van der Waals surface area contributed by atoms with Crippen molar-refractivity contribution in [3.63, 3.8) is 0 Å². The highest BCUT2D eigenvalue weighted by molar-refractivity contribution is 8.26. The second-order valence-electron chi connectivity index (χ2n) is 13.1. The molecular formula is C38H32Cl2F14N4O4S2. The van der Waals surface area contributed by atoms with Crippen LogP contribution in [-0.4, -0.2) is 44.9 Å². The van der Waals surface area contributed by atoms with Crippen molar-refractivity contribution in [3.8, 4) is 0 Å². The highest BCUT2D eigenvalue weighted by Crippen LogP contribution is 2.55. The molecular weight excluding hydrogens is 977 g/mol. The highest BCUT2D eigenvalue weighted by Gasteiger charge is 2.74. The maximum Gasteiger partial charge on any atom is 0.435 e. The summed E-state index contributed by atoms with van der Waals surface area (Å²) in [5.74, 6) is -1.40. The molecule has 0 aliphatic rings. The number of benzene rings is 4. The second-order valence-corrected chi connectivity index (χ2v) is 16.0. The first-order valence-corrected chi connectivity index (χ1v) is 21.0. The SMILES string of the molecule is CCc1cc(C(F)(C(F)(F)F)C(F)(F)F)cc(C)c1NC(=O)c1cccc(N)c1.CCc1cc(C(F)(C(F)(F)F)C(F)(F)F)cc(C)c1NC(=O)c1cccc(N=S=O)c1.O=S(Cl)Cl. The molecule has 64 heavy (non-hydrogen) atoms. The van der Waals surface area contributed by atoms with Crippen LogP contribution in [0.5, 0.6) is 0 Å². The summed E-state index contributed by atoms with van der Waals surface area (Å²) in [5.41, 5.74) is -8.61. The van der Waals surface area contributed by atoms with Crippen LogP contribution in [0.2, 0.25) is 0 Å². The van der Waals surface area contributed by atoms with Gasteiger partial charge in [-0.3, -0.25) is 9.59 Å². The molecule has 0 unspecified atom stereocenters. The lowest BCUT2D eigenvalue weighted by atomic mass is 9.89. The molecule has 0 aliphatic heterocycles. The maximum absolute atomic E-state index is 14.4. The van der Waals surface area contributed by atoms with E-state index in [-0.39, 0.29) is 80.4 Å². The minimum Gasteiger partial charge on any atom is -0.399 e. The van der Waals surface area contributed by atoms with Crippen LogP contribution in [0.25, 0.3) is 0 Å². The van der Waals surface area contributed by atoms with Gasteiger partial charge in [-0.1, -0.05) is 38.1 Å². The van der Waals surface area contributed by atoms with Crippen molar-refractivity contribution in [2.24, 2.45) is 4.36 Å². The number of hydrogen-bond donors (Lipinski definition) is 3. The van der Waals surface area contributed by atoms with Crippen molar-refractivity contribution in [2.75, 3.05) is 16.4 Å². The Morgan fingerprint density at radius 3 is 1.28 bits per heavy atom. The van der Waals surface area contributed by atoms with Crippen LogP contribution in [0.4, 0.5) is 84.2 Å². The van der Waals surface area contributed by atoms with Gasteiger partial charge in [0.15, 0.2) is 0 Å². The zero-order valence-electron chi connectivity index (χ0n) is 32.9. The van der Waals surface area contributed by atoms with Gasteiger partial charge < -0.3 is 16.4 Å². The molecule has 4 rings (SSSR count). The third kappa shape index (κ3) is 12.9. The number of alkyl halides is 14. The van der Waals surface area contributed by atoms with Crippen molar-refractivity contribution in [2.45, 2.75) is 76.6 Å². The van der Waals surface area contributed by atoms with Gasteiger partial charge in [0.2, 0.25) is 20.7 Å². The Morgan fingerprint density at radius 1 is 0.625 bits per heavy atom.